The van der Waals surface area contributed by atoms with Crippen LogP contribution in [-0.2, 0) is 0 Å². The fourth-order valence-corrected chi connectivity index (χ4v) is 0.804. The number of pyridine rings is 1. The minimum absolute atomic E-state index is 0.683. The van der Waals surface area contributed by atoms with Gasteiger partial charge in [0.2, 0.25) is 5.88 Å². The summed E-state index contributed by atoms with van der Waals surface area (Å²) in [5, 5.41) is 0. The highest BCUT2D eigenvalue weighted by Crippen LogP contribution is 2.08. The minimum atomic E-state index is 0.683. The summed E-state index contributed by atoms with van der Waals surface area (Å²) in [6.07, 6.45) is 4.51. The number of rotatable bonds is 4. The molecule has 0 aliphatic rings. The molecule has 0 aliphatic heterocycles. The summed E-state index contributed by atoms with van der Waals surface area (Å²) in [4.78, 5) is 4.09. The second kappa shape index (κ2) is 4.54. The van der Waals surface area contributed by atoms with Crippen LogP contribution in [0.4, 0.5) is 0 Å². The Labute approximate surface area is 72.9 Å². The topological polar surface area (TPSA) is 22.1 Å². The average molecular weight is 163 g/mol. The molecule has 0 fully saturated rings. The van der Waals surface area contributed by atoms with Crippen molar-refractivity contribution in [3.05, 3.63) is 30.5 Å². The van der Waals surface area contributed by atoms with Gasteiger partial charge in [-0.05, 0) is 18.1 Å². The Hall–Kier alpha value is -1.31. The van der Waals surface area contributed by atoms with E-state index < -0.39 is 0 Å². The molecule has 2 heteroatoms. The maximum absolute atomic E-state index is 5.31. The maximum atomic E-state index is 5.31. The standard InChI is InChI=1S/C10H13NO/c1-3-7-12-10-6-5-9(4-2)8-11-10/h4-6,8H,2-3,7H2,1H3. The molecule has 0 radical (unpaired) electrons. The molecule has 0 aromatic carbocycles. The summed E-state index contributed by atoms with van der Waals surface area (Å²) in [5.41, 5.74) is 1.01. The predicted octanol–water partition coefficient (Wildman–Crippen LogP) is 2.51. The van der Waals surface area contributed by atoms with Gasteiger partial charge in [-0.15, -0.1) is 0 Å². The zero-order valence-corrected chi connectivity index (χ0v) is 7.29. The molecule has 1 aromatic rings. The molecule has 2 nitrogen and oxygen atoms in total. The van der Waals surface area contributed by atoms with Crippen molar-refractivity contribution in [1.82, 2.24) is 4.98 Å². The van der Waals surface area contributed by atoms with Crippen LogP contribution in [0, 0.1) is 0 Å². The Kier molecular flexibility index (Phi) is 3.33. The van der Waals surface area contributed by atoms with E-state index in [9.17, 15) is 0 Å². The Morgan fingerprint density at radius 2 is 2.42 bits per heavy atom. The van der Waals surface area contributed by atoms with E-state index in [1.807, 2.05) is 12.1 Å². The van der Waals surface area contributed by atoms with Crippen LogP contribution in [0.15, 0.2) is 24.9 Å². The van der Waals surface area contributed by atoms with Gasteiger partial charge in [0.05, 0.1) is 6.61 Å². The minimum Gasteiger partial charge on any atom is -0.478 e. The van der Waals surface area contributed by atoms with Gasteiger partial charge in [-0.25, -0.2) is 4.98 Å². The van der Waals surface area contributed by atoms with E-state index >= 15 is 0 Å². The lowest BCUT2D eigenvalue weighted by Gasteiger charge is -2.02. The number of aromatic nitrogens is 1. The van der Waals surface area contributed by atoms with E-state index in [1.165, 1.54) is 0 Å². The smallest absolute Gasteiger partial charge is 0.213 e. The van der Waals surface area contributed by atoms with Crippen LogP contribution in [0.1, 0.15) is 18.9 Å². The first kappa shape index (κ1) is 8.78. The van der Waals surface area contributed by atoms with Crippen molar-refractivity contribution < 1.29 is 4.74 Å². The van der Waals surface area contributed by atoms with Crippen molar-refractivity contribution in [2.45, 2.75) is 13.3 Å². The monoisotopic (exact) mass is 163 g/mol. The highest BCUT2D eigenvalue weighted by atomic mass is 16.5. The first-order valence-corrected chi connectivity index (χ1v) is 4.08. The molecule has 12 heavy (non-hydrogen) atoms. The van der Waals surface area contributed by atoms with Crippen molar-refractivity contribution in [3.8, 4) is 5.88 Å². The lowest BCUT2D eigenvalue weighted by molar-refractivity contribution is 0.305. The van der Waals surface area contributed by atoms with Crippen LogP contribution in [0.3, 0.4) is 0 Å². The third-order valence-electron chi connectivity index (χ3n) is 1.45. The van der Waals surface area contributed by atoms with Gasteiger partial charge in [0.25, 0.3) is 0 Å². The molecule has 0 saturated carbocycles. The average Bonchev–Trinajstić information content (AvgIpc) is 2.15. The first-order chi connectivity index (χ1) is 5.86. The summed E-state index contributed by atoms with van der Waals surface area (Å²) in [6.45, 7) is 6.43. The summed E-state index contributed by atoms with van der Waals surface area (Å²) in [6, 6.07) is 3.79. The summed E-state index contributed by atoms with van der Waals surface area (Å²) >= 11 is 0. The van der Waals surface area contributed by atoms with E-state index in [0.29, 0.717) is 5.88 Å². The van der Waals surface area contributed by atoms with Crippen LogP contribution in [0.5, 0.6) is 5.88 Å². The van der Waals surface area contributed by atoms with Gasteiger partial charge in [0.1, 0.15) is 0 Å². The fourth-order valence-electron chi connectivity index (χ4n) is 0.804. The molecule has 0 bridgehead atoms. The summed E-state index contributed by atoms with van der Waals surface area (Å²) in [7, 11) is 0. The van der Waals surface area contributed by atoms with Crippen LogP contribution in [0.25, 0.3) is 6.08 Å². The molecule has 64 valence electrons. The summed E-state index contributed by atoms with van der Waals surface area (Å²) < 4.78 is 5.31. The fraction of sp³-hybridized carbons (Fsp3) is 0.300. The largest absolute Gasteiger partial charge is 0.478 e. The molecule has 0 unspecified atom stereocenters. The van der Waals surface area contributed by atoms with Crippen LogP contribution < -0.4 is 4.74 Å². The molecule has 0 spiro atoms. The van der Waals surface area contributed by atoms with E-state index in [-0.39, 0.29) is 0 Å². The molecule has 1 heterocycles. The van der Waals surface area contributed by atoms with Gasteiger partial charge >= 0.3 is 0 Å². The van der Waals surface area contributed by atoms with Crippen molar-refractivity contribution in [2.24, 2.45) is 0 Å². The Morgan fingerprint density at radius 3 is 2.92 bits per heavy atom. The predicted molar refractivity (Wildman–Crippen MR) is 50.1 cm³/mol. The highest BCUT2D eigenvalue weighted by Gasteiger charge is 1.92. The molecule has 0 atom stereocenters. The van der Waals surface area contributed by atoms with Gasteiger partial charge in [-0.3, -0.25) is 0 Å². The third-order valence-corrected chi connectivity index (χ3v) is 1.45. The lowest BCUT2D eigenvalue weighted by Crippen LogP contribution is -1.96. The number of hydrogen-bond acceptors (Lipinski definition) is 2. The normalized spacial score (nSPS) is 9.42. The highest BCUT2D eigenvalue weighted by molar-refractivity contribution is 5.45. The quantitative estimate of drug-likeness (QED) is 0.680. The van der Waals surface area contributed by atoms with Crippen molar-refractivity contribution in [2.75, 3.05) is 6.61 Å². The molecule has 1 aromatic heterocycles. The second-order valence-electron chi connectivity index (χ2n) is 2.48. The summed E-state index contributed by atoms with van der Waals surface area (Å²) in [5.74, 6) is 0.683. The van der Waals surface area contributed by atoms with Crippen molar-refractivity contribution in [1.29, 1.82) is 0 Å². The number of nitrogens with zero attached hydrogens (tertiary/aromatic N) is 1. The molecule has 0 aliphatic carbocycles. The second-order valence-corrected chi connectivity index (χ2v) is 2.48. The number of hydrogen-bond donors (Lipinski definition) is 0. The lowest BCUT2D eigenvalue weighted by atomic mass is 10.3. The zero-order chi connectivity index (χ0) is 8.81. The van der Waals surface area contributed by atoms with Gasteiger partial charge < -0.3 is 4.74 Å². The number of ether oxygens (including phenoxy) is 1. The van der Waals surface area contributed by atoms with Crippen LogP contribution in [0.2, 0.25) is 0 Å². The van der Waals surface area contributed by atoms with Crippen molar-refractivity contribution >= 4 is 6.08 Å². The molecule has 0 amide bonds. The third kappa shape index (κ3) is 2.38. The van der Waals surface area contributed by atoms with Crippen LogP contribution in [-0.4, -0.2) is 11.6 Å². The Morgan fingerprint density at radius 1 is 1.58 bits per heavy atom. The van der Waals surface area contributed by atoms with E-state index in [1.54, 1.807) is 12.3 Å². The van der Waals surface area contributed by atoms with E-state index in [2.05, 4.69) is 18.5 Å². The van der Waals surface area contributed by atoms with Gasteiger partial charge in [-0.2, -0.15) is 0 Å². The molecular formula is C10H13NO. The molecular weight excluding hydrogens is 150 g/mol. The van der Waals surface area contributed by atoms with Gasteiger partial charge in [0, 0.05) is 12.3 Å². The van der Waals surface area contributed by atoms with Crippen LogP contribution >= 0.6 is 0 Å². The Bertz CT molecular complexity index is 241. The van der Waals surface area contributed by atoms with E-state index in [0.717, 1.165) is 18.6 Å². The maximum Gasteiger partial charge on any atom is 0.213 e. The van der Waals surface area contributed by atoms with Crippen molar-refractivity contribution in [3.63, 3.8) is 0 Å². The zero-order valence-electron chi connectivity index (χ0n) is 7.29. The van der Waals surface area contributed by atoms with E-state index in [4.69, 9.17) is 4.74 Å². The molecule has 0 N–H and O–H groups in total. The Balaban J connectivity index is 2.58. The SMILES string of the molecule is C=Cc1ccc(OCCC)nc1. The first-order valence-electron chi connectivity index (χ1n) is 4.08. The molecule has 0 saturated heterocycles. The van der Waals surface area contributed by atoms with Gasteiger partial charge in [-0.1, -0.05) is 19.6 Å². The molecule has 1 rings (SSSR count). The van der Waals surface area contributed by atoms with Gasteiger partial charge in [0.15, 0.2) is 0 Å².